The highest BCUT2D eigenvalue weighted by molar-refractivity contribution is 6.32. The quantitative estimate of drug-likeness (QED) is 0.613. The van der Waals surface area contributed by atoms with E-state index >= 15 is 0 Å². The number of aromatic nitrogens is 1. The van der Waals surface area contributed by atoms with Crippen molar-refractivity contribution in [3.63, 3.8) is 0 Å². The van der Waals surface area contributed by atoms with Crippen molar-refractivity contribution in [3.8, 4) is 0 Å². The zero-order valence-electron chi connectivity index (χ0n) is 12.4. The van der Waals surface area contributed by atoms with Crippen LogP contribution in [0.3, 0.4) is 0 Å². The highest BCUT2D eigenvalue weighted by Crippen LogP contribution is 2.17. The molecule has 6 nitrogen and oxygen atoms in total. The lowest BCUT2D eigenvalue weighted by Crippen LogP contribution is -2.31. The number of allylic oxidation sites excluding steroid dienone is 1. The van der Waals surface area contributed by atoms with Crippen LogP contribution in [0.15, 0.2) is 33.8 Å². The summed E-state index contributed by atoms with van der Waals surface area (Å²) in [4.78, 5) is 12.5. The van der Waals surface area contributed by atoms with Crippen molar-refractivity contribution in [1.29, 1.82) is 0 Å². The topological polar surface area (TPSA) is 84.9 Å². The molecule has 2 rings (SSSR count). The third-order valence-corrected chi connectivity index (χ3v) is 3.23. The summed E-state index contributed by atoms with van der Waals surface area (Å²) in [6.45, 7) is 1.69. The van der Waals surface area contributed by atoms with E-state index < -0.39 is 13.0 Å². The van der Waals surface area contributed by atoms with Crippen LogP contribution in [0.2, 0.25) is 5.15 Å². The van der Waals surface area contributed by atoms with E-state index in [2.05, 4.69) is 20.3 Å². The maximum Gasteiger partial charge on any atom is 0.272 e. The molecule has 2 heterocycles. The predicted molar refractivity (Wildman–Crippen MR) is 86.2 cm³/mol. The molecule has 0 unspecified atom stereocenters. The first-order valence-corrected chi connectivity index (χ1v) is 7.17. The van der Waals surface area contributed by atoms with E-state index in [4.69, 9.17) is 22.1 Å². The molecule has 124 valence electrons. The van der Waals surface area contributed by atoms with Crippen molar-refractivity contribution >= 4 is 29.2 Å². The first-order chi connectivity index (χ1) is 11.0. The molecule has 23 heavy (non-hydrogen) atoms. The number of hydrogen-bond donors (Lipinski definition) is 2. The molecule has 0 saturated carbocycles. The van der Waals surface area contributed by atoms with Crippen LogP contribution in [0, 0.1) is 0 Å². The van der Waals surface area contributed by atoms with E-state index in [0.717, 1.165) is 5.71 Å². The van der Waals surface area contributed by atoms with Crippen molar-refractivity contribution in [2.75, 3.05) is 25.4 Å². The Bertz CT molecular complexity index is 640. The smallest absolute Gasteiger partial charge is 0.272 e. The molecule has 0 saturated heterocycles. The summed E-state index contributed by atoms with van der Waals surface area (Å²) in [5.41, 5.74) is 8.06. The number of alkyl halides is 2. The average molecular weight is 344 g/mol. The Labute approximate surface area is 137 Å². The number of nitrogens with zero attached hydrogens (tertiary/aromatic N) is 3. The number of nitrogen functional groups attached to an aromatic ring is 1. The number of nitrogens with two attached hydrogens (primary N) is 1. The maximum absolute atomic E-state index is 12.1. The van der Waals surface area contributed by atoms with Gasteiger partial charge in [0.25, 0.3) is 6.43 Å². The minimum absolute atomic E-state index is 0.262. The van der Waals surface area contributed by atoms with E-state index in [0.29, 0.717) is 30.0 Å². The third kappa shape index (κ3) is 4.88. The van der Waals surface area contributed by atoms with E-state index in [1.165, 1.54) is 12.4 Å². The van der Waals surface area contributed by atoms with Gasteiger partial charge in [-0.2, -0.15) is 0 Å². The lowest BCUT2D eigenvalue weighted by molar-refractivity contribution is 0.0418. The van der Waals surface area contributed by atoms with Crippen LogP contribution in [0.5, 0.6) is 0 Å². The van der Waals surface area contributed by atoms with Crippen molar-refractivity contribution < 1.29 is 13.5 Å². The van der Waals surface area contributed by atoms with Gasteiger partial charge in [-0.15, -0.1) is 0 Å². The fourth-order valence-corrected chi connectivity index (χ4v) is 2.08. The van der Waals surface area contributed by atoms with E-state index in [1.807, 2.05) is 0 Å². The van der Waals surface area contributed by atoms with Crippen molar-refractivity contribution in [3.05, 3.63) is 34.6 Å². The van der Waals surface area contributed by atoms with Crippen molar-refractivity contribution in [2.45, 2.75) is 13.3 Å². The number of pyridine rings is 1. The molecular weight excluding hydrogens is 328 g/mol. The van der Waals surface area contributed by atoms with Gasteiger partial charge in [0.2, 0.25) is 5.88 Å². The summed E-state index contributed by atoms with van der Waals surface area (Å²) in [7, 11) is 0. The number of rotatable bonds is 6. The second-order valence-electron chi connectivity index (χ2n) is 4.72. The molecule has 0 spiro atoms. The van der Waals surface area contributed by atoms with Crippen LogP contribution in [-0.4, -0.2) is 43.0 Å². The van der Waals surface area contributed by atoms with Gasteiger partial charge >= 0.3 is 0 Å². The molecular formula is C14H16ClF2N5O. The van der Waals surface area contributed by atoms with Gasteiger partial charge in [-0.3, -0.25) is 9.98 Å². The van der Waals surface area contributed by atoms with Gasteiger partial charge in [0, 0.05) is 18.1 Å². The van der Waals surface area contributed by atoms with E-state index in [1.54, 1.807) is 13.0 Å². The van der Waals surface area contributed by atoms with Crippen molar-refractivity contribution in [2.24, 2.45) is 9.98 Å². The van der Waals surface area contributed by atoms with Crippen LogP contribution in [0.1, 0.15) is 12.5 Å². The number of hydrogen-bond acceptors (Lipinski definition) is 6. The van der Waals surface area contributed by atoms with Gasteiger partial charge in [0.05, 0.1) is 30.1 Å². The molecule has 1 aromatic rings. The van der Waals surface area contributed by atoms with Crippen LogP contribution >= 0.6 is 11.6 Å². The first kappa shape index (κ1) is 17.1. The number of halogens is 3. The maximum atomic E-state index is 12.1. The van der Waals surface area contributed by atoms with Gasteiger partial charge in [0.15, 0.2) is 6.61 Å². The van der Waals surface area contributed by atoms with Crippen LogP contribution < -0.4 is 11.1 Å². The summed E-state index contributed by atoms with van der Waals surface area (Å²) in [6, 6.07) is 1.63. The fourth-order valence-electron chi connectivity index (χ4n) is 1.86. The molecule has 0 radical (unpaired) electrons. The molecule has 1 aliphatic rings. The van der Waals surface area contributed by atoms with E-state index in [9.17, 15) is 8.78 Å². The standard InChI is InChI=1S/C14H16ClF2N5O/c1-8-14(23-7-12(16)17)21-5-9(22-8)4-19-6-10-11(18)2-3-20-13(10)15/h2-3,6,12,21H,4-5,7H2,1H3,(H2,18,20). The largest absolute Gasteiger partial charge is 0.472 e. The van der Waals surface area contributed by atoms with Crippen LogP contribution in [0.25, 0.3) is 0 Å². The lowest BCUT2D eigenvalue weighted by Gasteiger charge is -2.19. The van der Waals surface area contributed by atoms with Gasteiger partial charge in [-0.1, -0.05) is 11.6 Å². The molecule has 0 amide bonds. The Kier molecular flexibility index (Phi) is 5.86. The molecule has 0 fully saturated rings. The fraction of sp³-hybridized carbons (Fsp3) is 0.357. The zero-order chi connectivity index (χ0) is 16.8. The Morgan fingerprint density at radius 2 is 2.35 bits per heavy atom. The lowest BCUT2D eigenvalue weighted by atomic mass is 10.2. The molecule has 0 bridgehead atoms. The first-order valence-electron chi connectivity index (χ1n) is 6.79. The number of anilines is 1. The molecule has 0 atom stereocenters. The number of aliphatic imine (C=N–C) groups is 2. The van der Waals surface area contributed by atoms with Crippen molar-refractivity contribution in [1.82, 2.24) is 10.3 Å². The second kappa shape index (κ2) is 7.87. The molecule has 0 aromatic carbocycles. The molecule has 0 aliphatic carbocycles. The predicted octanol–water partition coefficient (Wildman–Crippen LogP) is 2.25. The SMILES string of the molecule is CC1=C(OCC(F)F)NCC(CN=Cc2c(N)ccnc2Cl)=N1. The highest BCUT2D eigenvalue weighted by atomic mass is 35.5. The second-order valence-corrected chi connectivity index (χ2v) is 5.08. The van der Waals surface area contributed by atoms with E-state index in [-0.39, 0.29) is 11.0 Å². The highest BCUT2D eigenvalue weighted by Gasteiger charge is 2.14. The Balaban J connectivity index is 1.99. The molecule has 9 heteroatoms. The molecule has 1 aliphatic heterocycles. The third-order valence-electron chi connectivity index (χ3n) is 2.93. The number of ether oxygens (including phenoxy) is 1. The summed E-state index contributed by atoms with van der Waals surface area (Å²) in [6.07, 6.45) is 0.524. The van der Waals surface area contributed by atoms with Crippen LogP contribution in [0.4, 0.5) is 14.5 Å². The van der Waals surface area contributed by atoms with Gasteiger partial charge in [0.1, 0.15) is 5.15 Å². The zero-order valence-corrected chi connectivity index (χ0v) is 13.1. The molecule has 3 N–H and O–H groups in total. The minimum atomic E-state index is -2.53. The minimum Gasteiger partial charge on any atom is -0.472 e. The Hall–Kier alpha value is -2.22. The number of nitrogens with one attached hydrogen (secondary N) is 1. The average Bonchev–Trinajstić information content (AvgIpc) is 2.49. The van der Waals surface area contributed by atoms with Gasteiger partial charge in [-0.05, 0) is 13.0 Å². The Morgan fingerprint density at radius 3 is 3.00 bits per heavy atom. The Morgan fingerprint density at radius 1 is 1.57 bits per heavy atom. The summed E-state index contributed by atoms with van der Waals surface area (Å²) in [5, 5.41) is 3.18. The summed E-state index contributed by atoms with van der Waals surface area (Å²) in [5.74, 6) is 0.262. The summed E-state index contributed by atoms with van der Waals surface area (Å²) >= 11 is 5.94. The summed E-state index contributed by atoms with van der Waals surface area (Å²) < 4.78 is 29.2. The van der Waals surface area contributed by atoms with Gasteiger partial charge in [-0.25, -0.2) is 13.8 Å². The molecule has 1 aromatic heterocycles. The van der Waals surface area contributed by atoms with Crippen LogP contribution in [-0.2, 0) is 4.74 Å². The monoisotopic (exact) mass is 343 g/mol. The normalized spacial score (nSPS) is 15.1. The van der Waals surface area contributed by atoms with Gasteiger partial charge < -0.3 is 15.8 Å².